The molecule has 6 rings (SSSR count). The van der Waals surface area contributed by atoms with Gasteiger partial charge in [0.15, 0.2) is 0 Å². The number of amides is 4. The zero-order valence-electron chi connectivity index (χ0n) is 17.3. The zero-order valence-corrected chi connectivity index (χ0v) is 17.3. The maximum absolute atomic E-state index is 13.0. The number of carbonyl (C=O) groups excluding carboxylic acids is 3. The molecule has 0 aromatic heterocycles. The molecule has 4 bridgehead atoms. The van der Waals surface area contributed by atoms with Crippen molar-refractivity contribution in [3.63, 3.8) is 0 Å². The van der Waals surface area contributed by atoms with E-state index in [-0.39, 0.29) is 29.7 Å². The molecular formula is C23H30N4O3. The summed E-state index contributed by atoms with van der Waals surface area (Å²) in [6, 6.07) is 7.17. The molecule has 7 heteroatoms. The highest BCUT2D eigenvalue weighted by Crippen LogP contribution is 2.60. The molecule has 3 N–H and O–H groups in total. The lowest BCUT2D eigenvalue weighted by Gasteiger charge is -2.55. The summed E-state index contributed by atoms with van der Waals surface area (Å²) in [6.07, 6.45) is 7.29. The van der Waals surface area contributed by atoms with Gasteiger partial charge in [-0.15, -0.1) is 0 Å². The number of urea groups is 1. The molecule has 5 aliphatic rings. The molecule has 4 amide bonds. The van der Waals surface area contributed by atoms with E-state index in [1.165, 1.54) is 19.3 Å². The molecule has 4 saturated carbocycles. The topological polar surface area (TPSA) is 90.5 Å². The Morgan fingerprint density at radius 3 is 2.43 bits per heavy atom. The summed E-state index contributed by atoms with van der Waals surface area (Å²) < 4.78 is 0. The van der Waals surface area contributed by atoms with Crippen molar-refractivity contribution in [3.8, 4) is 0 Å². The predicted molar refractivity (Wildman–Crippen MR) is 114 cm³/mol. The Balaban J connectivity index is 1.12. The summed E-state index contributed by atoms with van der Waals surface area (Å²) in [4.78, 5) is 38.8. The molecule has 4 aliphatic carbocycles. The Hall–Kier alpha value is -2.57. The second-order valence-corrected chi connectivity index (χ2v) is 9.69. The first-order valence-electron chi connectivity index (χ1n) is 11.2. The summed E-state index contributed by atoms with van der Waals surface area (Å²) in [6.45, 7) is 1.60. The van der Waals surface area contributed by atoms with Gasteiger partial charge in [0.25, 0.3) is 0 Å². The third-order valence-corrected chi connectivity index (χ3v) is 7.46. The van der Waals surface area contributed by atoms with Gasteiger partial charge in [0.2, 0.25) is 11.8 Å². The Bertz CT molecular complexity index is 832. The maximum Gasteiger partial charge on any atom is 0.321 e. The van der Waals surface area contributed by atoms with Gasteiger partial charge in [-0.2, -0.15) is 0 Å². The number of benzene rings is 1. The monoisotopic (exact) mass is 410 g/mol. The van der Waals surface area contributed by atoms with Crippen molar-refractivity contribution in [1.82, 2.24) is 10.6 Å². The van der Waals surface area contributed by atoms with Gasteiger partial charge >= 0.3 is 6.03 Å². The van der Waals surface area contributed by atoms with E-state index >= 15 is 0 Å². The third-order valence-electron chi connectivity index (χ3n) is 7.46. The second kappa shape index (κ2) is 7.60. The fourth-order valence-corrected chi connectivity index (χ4v) is 6.56. The Morgan fingerprint density at radius 1 is 1.10 bits per heavy atom. The Labute approximate surface area is 177 Å². The van der Waals surface area contributed by atoms with Crippen molar-refractivity contribution >= 4 is 29.2 Å². The Kier molecular flexibility index (Phi) is 4.91. The lowest BCUT2D eigenvalue weighted by Crippen LogP contribution is -2.53. The lowest BCUT2D eigenvalue weighted by molar-refractivity contribution is -0.146. The van der Waals surface area contributed by atoms with Crippen molar-refractivity contribution in [2.75, 3.05) is 29.9 Å². The van der Waals surface area contributed by atoms with Crippen molar-refractivity contribution in [1.29, 1.82) is 0 Å². The van der Waals surface area contributed by atoms with Gasteiger partial charge in [-0.05, 0) is 74.5 Å². The van der Waals surface area contributed by atoms with Crippen LogP contribution in [0.4, 0.5) is 16.2 Å². The van der Waals surface area contributed by atoms with Crippen LogP contribution in [0.3, 0.4) is 0 Å². The summed E-state index contributed by atoms with van der Waals surface area (Å²) >= 11 is 0. The van der Waals surface area contributed by atoms with Crippen molar-refractivity contribution in [3.05, 3.63) is 24.3 Å². The van der Waals surface area contributed by atoms with Crippen LogP contribution in [-0.4, -0.2) is 37.5 Å². The van der Waals surface area contributed by atoms with E-state index in [4.69, 9.17) is 0 Å². The van der Waals surface area contributed by atoms with E-state index in [0.717, 1.165) is 42.7 Å². The average molecular weight is 411 g/mol. The highest BCUT2D eigenvalue weighted by Gasteiger charge is 2.54. The van der Waals surface area contributed by atoms with Crippen LogP contribution in [-0.2, 0) is 9.59 Å². The van der Waals surface area contributed by atoms with E-state index in [9.17, 15) is 14.4 Å². The number of rotatable bonds is 6. The number of carbonyl (C=O) groups is 3. The van der Waals surface area contributed by atoms with Gasteiger partial charge in [-0.1, -0.05) is 6.07 Å². The van der Waals surface area contributed by atoms with Crippen molar-refractivity contribution < 1.29 is 14.4 Å². The smallest absolute Gasteiger partial charge is 0.321 e. The standard InChI is InChI=1S/C23H30N4O3/c28-20(26-18-2-1-3-19(11-18)27-7-6-25-22(27)30)4-5-24-21(29)23-12-15-8-16(13-23)10-17(9-15)14-23/h1-3,11,15-17H,4-10,12-14H2,(H,24,29)(H,25,30)(H,26,28). The van der Waals surface area contributed by atoms with E-state index in [0.29, 0.717) is 25.3 Å². The molecular weight excluding hydrogens is 380 g/mol. The van der Waals surface area contributed by atoms with Gasteiger partial charge in [0.1, 0.15) is 0 Å². The Morgan fingerprint density at radius 2 is 1.80 bits per heavy atom. The number of anilines is 2. The zero-order chi connectivity index (χ0) is 20.7. The van der Waals surface area contributed by atoms with Crippen LogP contribution in [0.25, 0.3) is 0 Å². The molecule has 0 spiro atoms. The van der Waals surface area contributed by atoms with E-state index in [1.54, 1.807) is 11.0 Å². The van der Waals surface area contributed by atoms with Gasteiger partial charge in [0, 0.05) is 42.8 Å². The molecule has 0 radical (unpaired) electrons. The largest absolute Gasteiger partial charge is 0.355 e. The quantitative estimate of drug-likeness (QED) is 0.674. The number of hydrogen-bond acceptors (Lipinski definition) is 3. The molecule has 1 heterocycles. The number of nitrogens with one attached hydrogen (secondary N) is 3. The molecule has 1 aromatic rings. The summed E-state index contributed by atoms with van der Waals surface area (Å²) in [5, 5.41) is 8.71. The predicted octanol–water partition coefficient (Wildman–Crippen LogP) is 2.88. The third kappa shape index (κ3) is 3.66. The summed E-state index contributed by atoms with van der Waals surface area (Å²) in [5.74, 6) is 2.22. The normalized spacial score (nSPS) is 31.5. The molecule has 0 atom stereocenters. The van der Waals surface area contributed by atoms with Crippen LogP contribution in [0, 0.1) is 23.2 Å². The molecule has 0 unspecified atom stereocenters. The first kappa shape index (κ1) is 19.4. The highest BCUT2D eigenvalue weighted by atomic mass is 16.2. The molecule has 1 saturated heterocycles. The summed E-state index contributed by atoms with van der Waals surface area (Å²) in [5.41, 5.74) is 1.25. The van der Waals surface area contributed by atoms with E-state index < -0.39 is 0 Å². The SMILES string of the molecule is O=C(CCNC(=O)C12CC3CC(CC(C3)C1)C2)Nc1cccc(N2CCNC2=O)c1. The van der Waals surface area contributed by atoms with Gasteiger partial charge in [-0.25, -0.2) is 4.79 Å². The first-order valence-corrected chi connectivity index (χ1v) is 11.2. The molecule has 1 aliphatic heterocycles. The number of nitrogens with zero attached hydrogens (tertiary/aromatic N) is 1. The van der Waals surface area contributed by atoms with Crippen LogP contribution in [0.1, 0.15) is 44.9 Å². The minimum Gasteiger partial charge on any atom is -0.355 e. The molecule has 1 aromatic carbocycles. The molecule has 7 nitrogen and oxygen atoms in total. The van der Waals surface area contributed by atoms with Crippen LogP contribution in [0.5, 0.6) is 0 Å². The summed E-state index contributed by atoms with van der Waals surface area (Å²) in [7, 11) is 0. The minimum absolute atomic E-state index is 0.120. The van der Waals surface area contributed by atoms with E-state index in [1.807, 2.05) is 18.2 Å². The number of hydrogen-bond donors (Lipinski definition) is 3. The fraction of sp³-hybridized carbons (Fsp3) is 0.609. The van der Waals surface area contributed by atoms with Crippen LogP contribution in [0.15, 0.2) is 24.3 Å². The molecule has 160 valence electrons. The average Bonchev–Trinajstić information content (AvgIpc) is 3.13. The van der Waals surface area contributed by atoms with Crippen molar-refractivity contribution in [2.45, 2.75) is 44.9 Å². The van der Waals surface area contributed by atoms with Crippen LogP contribution >= 0.6 is 0 Å². The van der Waals surface area contributed by atoms with Crippen LogP contribution in [0.2, 0.25) is 0 Å². The van der Waals surface area contributed by atoms with Gasteiger partial charge in [-0.3, -0.25) is 14.5 Å². The minimum atomic E-state index is -0.171. The fourth-order valence-electron chi connectivity index (χ4n) is 6.56. The first-order chi connectivity index (χ1) is 14.5. The van der Waals surface area contributed by atoms with E-state index in [2.05, 4.69) is 16.0 Å². The molecule has 5 fully saturated rings. The van der Waals surface area contributed by atoms with Crippen LogP contribution < -0.4 is 20.9 Å². The van der Waals surface area contributed by atoms with Crippen molar-refractivity contribution in [2.24, 2.45) is 23.2 Å². The highest BCUT2D eigenvalue weighted by molar-refractivity contribution is 5.96. The second-order valence-electron chi connectivity index (χ2n) is 9.69. The van der Waals surface area contributed by atoms with Gasteiger partial charge < -0.3 is 16.0 Å². The van der Waals surface area contributed by atoms with Gasteiger partial charge in [0.05, 0.1) is 0 Å². The maximum atomic E-state index is 13.0. The molecule has 30 heavy (non-hydrogen) atoms. The lowest BCUT2D eigenvalue weighted by atomic mass is 9.49.